The second-order valence-corrected chi connectivity index (χ2v) is 7.14. The minimum absolute atomic E-state index is 0.0761. The molecule has 2 heterocycles. The molecule has 0 radical (unpaired) electrons. The Morgan fingerprint density at radius 2 is 1.89 bits per heavy atom. The molecule has 1 aliphatic heterocycles. The highest BCUT2D eigenvalue weighted by Gasteiger charge is 2.25. The van der Waals surface area contributed by atoms with Crippen molar-refractivity contribution in [1.29, 1.82) is 0 Å². The van der Waals surface area contributed by atoms with Gasteiger partial charge in [0.15, 0.2) is 5.76 Å². The lowest BCUT2D eigenvalue weighted by atomic mass is 10.0. The molecule has 0 atom stereocenters. The van der Waals surface area contributed by atoms with E-state index < -0.39 is 0 Å². The number of piperidine rings is 1. The van der Waals surface area contributed by atoms with Crippen LogP contribution in [0.25, 0.3) is 0 Å². The lowest BCUT2D eigenvalue weighted by molar-refractivity contribution is -0.132. The van der Waals surface area contributed by atoms with Crippen LogP contribution in [0, 0.1) is 6.92 Å². The van der Waals surface area contributed by atoms with Gasteiger partial charge in [-0.3, -0.25) is 9.59 Å². The minimum Gasteiger partial charge on any atom is -0.494 e. The van der Waals surface area contributed by atoms with Gasteiger partial charge in [0.25, 0.3) is 5.91 Å². The van der Waals surface area contributed by atoms with E-state index in [1.165, 1.54) is 6.26 Å². The number of hydrogen-bond acceptors (Lipinski definition) is 4. The molecule has 6 heteroatoms. The Labute approximate surface area is 165 Å². The fourth-order valence-electron chi connectivity index (χ4n) is 3.46. The average Bonchev–Trinajstić information content (AvgIpc) is 3.14. The van der Waals surface area contributed by atoms with Gasteiger partial charge >= 0.3 is 0 Å². The van der Waals surface area contributed by atoms with Crippen molar-refractivity contribution in [3.05, 3.63) is 53.5 Å². The highest BCUT2D eigenvalue weighted by Crippen LogP contribution is 2.16. The van der Waals surface area contributed by atoms with Gasteiger partial charge in [-0.05, 0) is 56.9 Å². The molecule has 1 aliphatic rings. The molecular weight excluding hydrogens is 356 g/mol. The van der Waals surface area contributed by atoms with E-state index in [0.717, 1.165) is 36.1 Å². The lowest BCUT2D eigenvalue weighted by Gasteiger charge is -2.32. The number of nitrogens with one attached hydrogen (secondary N) is 1. The minimum atomic E-state index is -0.178. The number of carbonyl (C=O) groups is 2. The van der Waals surface area contributed by atoms with Gasteiger partial charge in [-0.25, -0.2) is 0 Å². The van der Waals surface area contributed by atoms with Crippen LogP contribution < -0.4 is 10.1 Å². The van der Waals surface area contributed by atoms with Crippen molar-refractivity contribution in [2.45, 2.75) is 45.6 Å². The summed E-state index contributed by atoms with van der Waals surface area (Å²) >= 11 is 0. The van der Waals surface area contributed by atoms with E-state index in [1.54, 1.807) is 6.07 Å². The summed E-state index contributed by atoms with van der Waals surface area (Å²) in [6.07, 6.45) is 4.27. The Bertz CT molecular complexity index is 789. The molecule has 150 valence electrons. The molecule has 2 amide bonds. The Morgan fingerprint density at radius 1 is 1.18 bits per heavy atom. The third-order valence-corrected chi connectivity index (χ3v) is 5.11. The van der Waals surface area contributed by atoms with Gasteiger partial charge < -0.3 is 19.4 Å². The number of aryl methyl sites for hydroxylation is 2. The fraction of sp³-hybridized carbons (Fsp3) is 0.455. The molecule has 2 aromatic rings. The number of likely N-dealkylation sites (tertiary alicyclic amines) is 1. The van der Waals surface area contributed by atoms with Crippen molar-refractivity contribution in [3.63, 3.8) is 0 Å². The Kier molecular flexibility index (Phi) is 6.74. The third kappa shape index (κ3) is 5.15. The first-order valence-corrected chi connectivity index (χ1v) is 9.91. The third-order valence-electron chi connectivity index (χ3n) is 5.11. The maximum absolute atomic E-state index is 12.5. The SMILES string of the molecule is CCOc1ccc(CCC(=O)N2CCC(NC(=O)c3occc3C)CC2)cc1. The first kappa shape index (κ1) is 20.0. The number of rotatable bonds is 7. The molecule has 1 aromatic carbocycles. The maximum atomic E-state index is 12.5. The summed E-state index contributed by atoms with van der Waals surface area (Å²) in [6, 6.07) is 9.76. The van der Waals surface area contributed by atoms with Crippen LogP contribution in [0.1, 0.15) is 47.9 Å². The second-order valence-electron chi connectivity index (χ2n) is 7.14. The summed E-state index contributed by atoms with van der Waals surface area (Å²) in [5.74, 6) is 1.21. The van der Waals surface area contributed by atoms with Crippen LogP contribution in [0.2, 0.25) is 0 Å². The molecule has 6 nitrogen and oxygen atoms in total. The topological polar surface area (TPSA) is 71.8 Å². The first-order chi connectivity index (χ1) is 13.6. The second kappa shape index (κ2) is 9.44. The summed E-state index contributed by atoms with van der Waals surface area (Å²) < 4.78 is 10.7. The van der Waals surface area contributed by atoms with Crippen molar-refractivity contribution >= 4 is 11.8 Å². The van der Waals surface area contributed by atoms with E-state index in [4.69, 9.17) is 9.15 Å². The van der Waals surface area contributed by atoms with Crippen molar-refractivity contribution in [2.24, 2.45) is 0 Å². The van der Waals surface area contributed by atoms with Crippen molar-refractivity contribution in [2.75, 3.05) is 19.7 Å². The Balaban J connectivity index is 1.41. The molecule has 0 aliphatic carbocycles. The van der Waals surface area contributed by atoms with Crippen LogP contribution in [0.5, 0.6) is 5.75 Å². The normalized spacial score (nSPS) is 14.7. The first-order valence-electron chi connectivity index (χ1n) is 9.91. The molecule has 1 aromatic heterocycles. The summed E-state index contributed by atoms with van der Waals surface area (Å²) in [7, 11) is 0. The van der Waals surface area contributed by atoms with Gasteiger partial charge in [0.05, 0.1) is 12.9 Å². The van der Waals surface area contributed by atoms with E-state index >= 15 is 0 Å². The molecule has 1 saturated heterocycles. The van der Waals surface area contributed by atoms with Crippen LogP contribution in [0.3, 0.4) is 0 Å². The summed E-state index contributed by atoms with van der Waals surface area (Å²) in [4.78, 5) is 26.6. The number of nitrogens with zero attached hydrogens (tertiary/aromatic N) is 1. The fourth-order valence-corrected chi connectivity index (χ4v) is 3.46. The number of carbonyl (C=O) groups excluding carboxylic acids is 2. The van der Waals surface area contributed by atoms with Gasteiger partial charge in [-0.15, -0.1) is 0 Å². The number of ether oxygens (including phenoxy) is 1. The molecule has 1 N–H and O–H groups in total. The standard InChI is InChI=1S/C22H28N2O4/c1-3-27-19-7-4-17(5-8-19)6-9-20(25)24-13-10-18(11-14-24)23-22(26)21-16(2)12-15-28-21/h4-5,7-8,12,15,18H,3,6,9-11,13-14H2,1-2H3,(H,23,26). The molecule has 1 fully saturated rings. The van der Waals surface area contributed by atoms with Gasteiger partial charge in [0.2, 0.25) is 5.91 Å². The average molecular weight is 384 g/mol. The van der Waals surface area contributed by atoms with Crippen molar-refractivity contribution in [3.8, 4) is 5.75 Å². The van der Waals surface area contributed by atoms with Gasteiger partial charge in [0, 0.05) is 31.1 Å². The van der Waals surface area contributed by atoms with E-state index in [-0.39, 0.29) is 17.9 Å². The molecule has 0 bridgehead atoms. The van der Waals surface area contributed by atoms with Gasteiger partial charge in [-0.2, -0.15) is 0 Å². The zero-order valence-corrected chi connectivity index (χ0v) is 16.6. The number of furan rings is 1. The molecular formula is C22H28N2O4. The predicted octanol–water partition coefficient (Wildman–Crippen LogP) is 3.34. The van der Waals surface area contributed by atoms with E-state index in [0.29, 0.717) is 31.9 Å². The monoisotopic (exact) mass is 384 g/mol. The van der Waals surface area contributed by atoms with Crippen molar-refractivity contribution < 1.29 is 18.7 Å². The van der Waals surface area contributed by atoms with Gasteiger partial charge in [0.1, 0.15) is 5.75 Å². The van der Waals surface area contributed by atoms with Crippen LogP contribution in [-0.4, -0.2) is 42.5 Å². The maximum Gasteiger partial charge on any atom is 0.287 e. The molecule has 0 spiro atoms. The summed E-state index contributed by atoms with van der Waals surface area (Å²) in [5.41, 5.74) is 1.96. The largest absolute Gasteiger partial charge is 0.494 e. The highest BCUT2D eigenvalue weighted by atomic mass is 16.5. The highest BCUT2D eigenvalue weighted by molar-refractivity contribution is 5.93. The molecule has 3 rings (SSSR count). The predicted molar refractivity (Wildman–Crippen MR) is 106 cm³/mol. The number of amides is 2. The number of hydrogen-bond donors (Lipinski definition) is 1. The van der Waals surface area contributed by atoms with Crippen LogP contribution in [0.15, 0.2) is 41.0 Å². The number of benzene rings is 1. The molecule has 0 saturated carbocycles. The molecule has 28 heavy (non-hydrogen) atoms. The zero-order valence-electron chi connectivity index (χ0n) is 16.6. The van der Waals surface area contributed by atoms with E-state index in [9.17, 15) is 9.59 Å². The Hall–Kier alpha value is -2.76. The quantitative estimate of drug-likeness (QED) is 0.795. The van der Waals surface area contributed by atoms with E-state index in [2.05, 4.69) is 5.32 Å². The summed E-state index contributed by atoms with van der Waals surface area (Å²) in [5, 5.41) is 3.01. The van der Waals surface area contributed by atoms with Crippen LogP contribution in [-0.2, 0) is 11.2 Å². The van der Waals surface area contributed by atoms with E-state index in [1.807, 2.05) is 43.0 Å². The lowest BCUT2D eigenvalue weighted by Crippen LogP contribution is -2.46. The smallest absolute Gasteiger partial charge is 0.287 e. The van der Waals surface area contributed by atoms with Crippen molar-refractivity contribution in [1.82, 2.24) is 10.2 Å². The van der Waals surface area contributed by atoms with Crippen LogP contribution in [0.4, 0.5) is 0 Å². The summed E-state index contributed by atoms with van der Waals surface area (Å²) in [6.45, 7) is 5.80. The Morgan fingerprint density at radius 3 is 2.50 bits per heavy atom. The van der Waals surface area contributed by atoms with Gasteiger partial charge in [-0.1, -0.05) is 12.1 Å². The molecule has 0 unspecified atom stereocenters. The zero-order chi connectivity index (χ0) is 19.9. The van der Waals surface area contributed by atoms with Crippen LogP contribution >= 0.6 is 0 Å².